The van der Waals surface area contributed by atoms with Gasteiger partial charge in [0, 0.05) is 11.9 Å². The molecule has 1 aromatic carbocycles. The summed E-state index contributed by atoms with van der Waals surface area (Å²) in [5, 5.41) is 1.63. The Morgan fingerprint density at radius 2 is 1.96 bits per heavy atom. The minimum Gasteiger partial charge on any atom is -0.452 e. The summed E-state index contributed by atoms with van der Waals surface area (Å²) in [6.45, 7) is -0.781. The van der Waals surface area contributed by atoms with Gasteiger partial charge in [0.05, 0.1) is 10.6 Å². The minimum absolute atomic E-state index is 0.171. The molecular weight excluding hydrogens is 365 g/mol. The van der Waals surface area contributed by atoms with E-state index in [0.29, 0.717) is 6.07 Å². The van der Waals surface area contributed by atoms with Crippen molar-refractivity contribution in [3.8, 4) is 0 Å². The van der Waals surface area contributed by atoms with Crippen LogP contribution in [-0.2, 0) is 15.7 Å². The normalized spacial score (nSPS) is 11.0. The van der Waals surface area contributed by atoms with E-state index in [4.69, 9.17) is 11.6 Å². The van der Waals surface area contributed by atoms with Gasteiger partial charge in [-0.25, -0.2) is 4.79 Å². The summed E-state index contributed by atoms with van der Waals surface area (Å²) in [5.74, 6) is -1.92. The van der Waals surface area contributed by atoms with E-state index in [2.05, 4.69) is 15.0 Å². The third kappa shape index (κ3) is 4.83. The van der Waals surface area contributed by atoms with Gasteiger partial charge < -0.3 is 15.0 Å². The Labute approximate surface area is 143 Å². The first kappa shape index (κ1) is 18.5. The van der Waals surface area contributed by atoms with Crippen molar-refractivity contribution < 1.29 is 27.5 Å². The number of aromatic nitrogens is 1. The Morgan fingerprint density at radius 3 is 2.60 bits per heavy atom. The highest BCUT2D eigenvalue weighted by Gasteiger charge is 2.33. The van der Waals surface area contributed by atoms with Gasteiger partial charge in [-0.3, -0.25) is 9.59 Å². The number of H-pyrrole nitrogens is 1. The molecule has 6 nitrogen and oxygen atoms in total. The Kier molecular flexibility index (Phi) is 5.48. The number of rotatable bonds is 4. The molecule has 132 valence electrons. The molecule has 0 aliphatic rings. The van der Waals surface area contributed by atoms with Crippen LogP contribution >= 0.6 is 11.6 Å². The van der Waals surface area contributed by atoms with Crippen LogP contribution in [0, 0.1) is 0 Å². The number of alkyl halides is 3. The van der Waals surface area contributed by atoms with Crippen LogP contribution in [0.5, 0.6) is 0 Å². The molecular formula is C15H10ClF3N2O4. The maximum absolute atomic E-state index is 12.7. The van der Waals surface area contributed by atoms with Crippen molar-refractivity contribution in [2.45, 2.75) is 6.18 Å². The van der Waals surface area contributed by atoms with Gasteiger partial charge in [0.25, 0.3) is 11.5 Å². The highest BCUT2D eigenvalue weighted by molar-refractivity contribution is 6.31. The molecule has 25 heavy (non-hydrogen) atoms. The highest BCUT2D eigenvalue weighted by Crippen LogP contribution is 2.36. The molecule has 0 saturated carbocycles. The second kappa shape index (κ2) is 7.39. The van der Waals surface area contributed by atoms with Crippen molar-refractivity contribution >= 4 is 29.2 Å². The number of benzene rings is 1. The molecule has 2 aromatic rings. The first-order valence-electron chi connectivity index (χ1n) is 6.70. The molecule has 10 heteroatoms. The third-order valence-corrected chi connectivity index (χ3v) is 3.26. The smallest absolute Gasteiger partial charge is 0.417 e. The van der Waals surface area contributed by atoms with E-state index in [-0.39, 0.29) is 11.3 Å². The SMILES string of the molecule is O=C(COC(=O)c1ccc[nH]c1=O)Nc1ccc(Cl)c(C(F)(F)F)c1. The molecule has 0 unspecified atom stereocenters. The number of hydrogen-bond acceptors (Lipinski definition) is 4. The first-order chi connectivity index (χ1) is 11.7. The number of amides is 1. The number of esters is 1. The van der Waals surface area contributed by atoms with Crippen LogP contribution in [0.2, 0.25) is 5.02 Å². The van der Waals surface area contributed by atoms with Crippen molar-refractivity contribution in [1.29, 1.82) is 0 Å². The van der Waals surface area contributed by atoms with E-state index < -0.39 is 40.8 Å². The van der Waals surface area contributed by atoms with Crippen LogP contribution in [0.15, 0.2) is 41.3 Å². The average Bonchev–Trinajstić information content (AvgIpc) is 2.54. The standard InChI is InChI=1S/C15H10ClF3N2O4/c16-11-4-3-8(6-10(11)15(17,18)19)21-12(22)7-25-14(24)9-2-1-5-20-13(9)23/h1-6H,7H2,(H,20,23)(H,21,22). The van der Waals surface area contributed by atoms with E-state index in [0.717, 1.165) is 6.07 Å². The zero-order chi connectivity index (χ0) is 18.6. The number of pyridine rings is 1. The Hall–Kier alpha value is -2.81. The third-order valence-electron chi connectivity index (χ3n) is 2.93. The second-order valence-corrected chi connectivity index (χ2v) is 5.14. The minimum atomic E-state index is -4.68. The summed E-state index contributed by atoms with van der Waals surface area (Å²) < 4.78 is 42.9. The molecule has 2 rings (SSSR count). The average molecular weight is 375 g/mol. The molecule has 1 aromatic heterocycles. The van der Waals surface area contributed by atoms with Crippen LogP contribution in [0.3, 0.4) is 0 Å². The van der Waals surface area contributed by atoms with Gasteiger partial charge in [0.15, 0.2) is 6.61 Å². The van der Waals surface area contributed by atoms with E-state index in [1.165, 1.54) is 24.4 Å². The Morgan fingerprint density at radius 1 is 1.24 bits per heavy atom. The topological polar surface area (TPSA) is 88.3 Å². The monoisotopic (exact) mass is 374 g/mol. The molecule has 0 bridgehead atoms. The van der Waals surface area contributed by atoms with Gasteiger partial charge in [0.1, 0.15) is 5.56 Å². The zero-order valence-corrected chi connectivity index (χ0v) is 13.1. The van der Waals surface area contributed by atoms with Crippen molar-refractivity contribution in [1.82, 2.24) is 4.98 Å². The van der Waals surface area contributed by atoms with Gasteiger partial charge in [-0.05, 0) is 30.3 Å². The van der Waals surface area contributed by atoms with Gasteiger partial charge in [-0.15, -0.1) is 0 Å². The number of ether oxygens (including phenoxy) is 1. The van der Waals surface area contributed by atoms with Crippen molar-refractivity contribution in [2.75, 3.05) is 11.9 Å². The number of nitrogens with one attached hydrogen (secondary N) is 2. The van der Waals surface area contributed by atoms with E-state index in [1.54, 1.807) is 0 Å². The van der Waals surface area contributed by atoms with E-state index >= 15 is 0 Å². The molecule has 0 fully saturated rings. The molecule has 1 heterocycles. The zero-order valence-electron chi connectivity index (χ0n) is 12.3. The summed E-state index contributed by atoms with van der Waals surface area (Å²) in [4.78, 5) is 37.0. The first-order valence-corrected chi connectivity index (χ1v) is 7.07. The quantitative estimate of drug-likeness (QED) is 0.805. The highest BCUT2D eigenvalue weighted by atomic mass is 35.5. The number of halogens is 4. The molecule has 0 aliphatic carbocycles. The van der Waals surface area contributed by atoms with Gasteiger partial charge >= 0.3 is 12.1 Å². The van der Waals surface area contributed by atoms with Crippen molar-refractivity contribution in [2.24, 2.45) is 0 Å². The Balaban J connectivity index is 2.00. The molecule has 0 saturated heterocycles. The van der Waals surface area contributed by atoms with Gasteiger partial charge in [-0.2, -0.15) is 13.2 Å². The second-order valence-electron chi connectivity index (χ2n) is 4.73. The van der Waals surface area contributed by atoms with Crippen LogP contribution in [0.25, 0.3) is 0 Å². The number of aromatic amines is 1. The van der Waals surface area contributed by atoms with E-state index in [1.807, 2.05) is 0 Å². The van der Waals surface area contributed by atoms with Crippen LogP contribution in [0.4, 0.5) is 18.9 Å². The fourth-order valence-electron chi connectivity index (χ4n) is 1.81. The number of carbonyl (C=O) groups is 2. The van der Waals surface area contributed by atoms with Gasteiger partial charge in [-0.1, -0.05) is 11.6 Å². The fraction of sp³-hybridized carbons (Fsp3) is 0.133. The number of carbonyl (C=O) groups excluding carboxylic acids is 2. The summed E-state index contributed by atoms with van der Waals surface area (Å²) in [6.07, 6.45) is -3.37. The van der Waals surface area contributed by atoms with Gasteiger partial charge in [0.2, 0.25) is 0 Å². The molecule has 0 radical (unpaired) electrons. The molecule has 0 atom stereocenters. The molecule has 2 N–H and O–H groups in total. The van der Waals surface area contributed by atoms with Crippen molar-refractivity contribution in [3.63, 3.8) is 0 Å². The molecule has 0 aliphatic heterocycles. The number of hydrogen-bond donors (Lipinski definition) is 2. The van der Waals surface area contributed by atoms with Crippen LogP contribution < -0.4 is 10.9 Å². The lowest BCUT2D eigenvalue weighted by molar-refractivity contribution is -0.137. The van der Waals surface area contributed by atoms with Crippen LogP contribution in [0.1, 0.15) is 15.9 Å². The lowest BCUT2D eigenvalue weighted by Crippen LogP contribution is -2.24. The lowest BCUT2D eigenvalue weighted by Gasteiger charge is -2.12. The van der Waals surface area contributed by atoms with Crippen molar-refractivity contribution in [3.05, 3.63) is 63.0 Å². The summed E-state index contributed by atoms with van der Waals surface area (Å²) in [7, 11) is 0. The molecule has 0 spiro atoms. The van der Waals surface area contributed by atoms with E-state index in [9.17, 15) is 27.6 Å². The predicted octanol–water partition coefficient (Wildman–Crippen LogP) is 2.84. The maximum atomic E-state index is 12.7. The van der Waals surface area contributed by atoms with Crippen LogP contribution in [-0.4, -0.2) is 23.5 Å². The number of anilines is 1. The largest absolute Gasteiger partial charge is 0.452 e. The summed E-state index contributed by atoms with van der Waals surface area (Å²) >= 11 is 5.47. The Bertz CT molecular complexity index is 864. The molecule has 1 amide bonds. The lowest BCUT2D eigenvalue weighted by atomic mass is 10.2. The maximum Gasteiger partial charge on any atom is 0.417 e. The predicted molar refractivity (Wildman–Crippen MR) is 82.4 cm³/mol. The summed E-state index contributed by atoms with van der Waals surface area (Å²) in [5.41, 5.74) is -2.28. The summed E-state index contributed by atoms with van der Waals surface area (Å²) in [6, 6.07) is 5.40. The fourth-order valence-corrected chi connectivity index (χ4v) is 2.03.